The third kappa shape index (κ3) is 7.08. The molecule has 0 aromatic heterocycles. The average molecular weight is 261 g/mol. The van der Waals surface area contributed by atoms with Crippen molar-refractivity contribution < 1.29 is 19.8 Å². The summed E-state index contributed by atoms with van der Waals surface area (Å²) in [4.78, 5) is 25.7. The molecule has 7 heteroatoms. The summed E-state index contributed by atoms with van der Waals surface area (Å²) in [6.07, 6.45) is -0.742. The van der Waals surface area contributed by atoms with Crippen LogP contribution < -0.4 is 5.32 Å². The summed E-state index contributed by atoms with van der Waals surface area (Å²) in [7, 11) is 3.83. The number of amides is 2. The van der Waals surface area contributed by atoms with Crippen LogP contribution in [0.4, 0.5) is 4.79 Å². The molecule has 0 bridgehead atoms. The zero-order chi connectivity index (χ0) is 14.1. The number of urea groups is 1. The fraction of sp³-hybridized carbons (Fsp3) is 0.818. The van der Waals surface area contributed by atoms with Gasteiger partial charge < -0.3 is 25.3 Å². The Hall–Kier alpha value is -1.34. The molecule has 0 aliphatic carbocycles. The van der Waals surface area contributed by atoms with Crippen LogP contribution >= 0.6 is 0 Å². The van der Waals surface area contributed by atoms with E-state index in [0.29, 0.717) is 13.1 Å². The van der Waals surface area contributed by atoms with Crippen molar-refractivity contribution in [2.45, 2.75) is 19.4 Å². The van der Waals surface area contributed by atoms with E-state index in [-0.39, 0.29) is 12.6 Å². The minimum absolute atomic E-state index is 0.281. The molecule has 18 heavy (non-hydrogen) atoms. The first-order valence-electron chi connectivity index (χ1n) is 5.96. The molecule has 0 saturated heterocycles. The second-order valence-electron chi connectivity index (χ2n) is 4.33. The number of carbonyl (C=O) groups is 2. The molecule has 0 aromatic rings. The van der Waals surface area contributed by atoms with E-state index in [2.05, 4.69) is 5.32 Å². The highest BCUT2D eigenvalue weighted by Gasteiger charge is 2.17. The summed E-state index contributed by atoms with van der Waals surface area (Å²) in [5, 5.41) is 20.0. The normalized spacial score (nSPS) is 12.3. The van der Waals surface area contributed by atoms with Crippen molar-refractivity contribution in [3.8, 4) is 0 Å². The smallest absolute Gasteiger partial charge is 0.334 e. The lowest BCUT2D eigenvalue weighted by atomic mass is 10.3. The molecule has 0 radical (unpaired) electrons. The van der Waals surface area contributed by atoms with Crippen molar-refractivity contribution in [2.75, 3.05) is 40.3 Å². The molecule has 106 valence electrons. The minimum atomic E-state index is -1.56. The molecule has 0 saturated carbocycles. The Labute approximate surface area is 107 Å². The molecule has 1 atom stereocenters. The molecule has 7 nitrogen and oxygen atoms in total. The number of aliphatic carboxylic acids is 1. The van der Waals surface area contributed by atoms with Crippen LogP contribution in [0, 0.1) is 0 Å². The Morgan fingerprint density at radius 3 is 2.28 bits per heavy atom. The van der Waals surface area contributed by atoms with Crippen LogP contribution in [0.25, 0.3) is 0 Å². The summed E-state index contributed by atoms with van der Waals surface area (Å²) >= 11 is 0. The van der Waals surface area contributed by atoms with Gasteiger partial charge in [0, 0.05) is 19.6 Å². The number of carboxylic acid groups (broad SMARTS) is 1. The second-order valence-corrected chi connectivity index (χ2v) is 4.33. The fourth-order valence-corrected chi connectivity index (χ4v) is 1.29. The summed E-state index contributed by atoms with van der Waals surface area (Å²) in [6, 6.07) is -0.348. The number of likely N-dealkylation sites (N-methyl/N-ethyl adjacent to an activating group) is 1. The highest BCUT2D eigenvalue weighted by atomic mass is 16.4. The third-order valence-electron chi connectivity index (χ3n) is 2.33. The van der Waals surface area contributed by atoms with Gasteiger partial charge >= 0.3 is 12.0 Å². The molecule has 0 aliphatic heterocycles. The van der Waals surface area contributed by atoms with Crippen LogP contribution in [0.3, 0.4) is 0 Å². The fourth-order valence-electron chi connectivity index (χ4n) is 1.29. The summed E-state index contributed by atoms with van der Waals surface area (Å²) < 4.78 is 0. The average Bonchev–Trinajstić information content (AvgIpc) is 2.30. The molecule has 2 amide bonds. The van der Waals surface area contributed by atoms with Gasteiger partial charge in [-0.1, -0.05) is 6.92 Å². The van der Waals surface area contributed by atoms with Crippen LogP contribution in [-0.4, -0.2) is 78.4 Å². The maximum absolute atomic E-state index is 11.8. The molecular weight excluding hydrogens is 238 g/mol. The molecule has 0 rings (SSSR count). The van der Waals surface area contributed by atoms with Gasteiger partial charge in [-0.3, -0.25) is 0 Å². The molecule has 3 N–H and O–H groups in total. The van der Waals surface area contributed by atoms with E-state index >= 15 is 0 Å². The largest absolute Gasteiger partial charge is 0.479 e. The summed E-state index contributed by atoms with van der Waals surface area (Å²) in [6.45, 7) is 3.58. The zero-order valence-corrected chi connectivity index (χ0v) is 11.2. The van der Waals surface area contributed by atoms with E-state index in [1.165, 1.54) is 0 Å². The van der Waals surface area contributed by atoms with Crippen LogP contribution in [-0.2, 0) is 4.79 Å². The summed E-state index contributed by atoms with van der Waals surface area (Å²) in [5.74, 6) is -1.34. The maximum Gasteiger partial charge on any atom is 0.334 e. The Morgan fingerprint density at radius 1 is 1.22 bits per heavy atom. The zero-order valence-electron chi connectivity index (χ0n) is 11.2. The molecule has 0 aromatic carbocycles. The molecule has 0 spiro atoms. The Kier molecular flexibility index (Phi) is 8.06. The Bertz CT molecular complexity index is 271. The first kappa shape index (κ1) is 16.7. The number of hydrogen-bond acceptors (Lipinski definition) is 4. The van der Waals surface area contributed by atoms with Crippen LogP contribution in [0.1, 0.15) is 13.3 Å². The van der Waals surface area contributed by atoms with Crippen molar-refractivity contribution in [1.82, 2.24) is 15.1 Å². The van der Waals surface area contributed by atoms with E-state index in [4.69, 9.17) is 10.2 Å². The molecular formula is C11H23N3O4. The van der Waals surface area contributed by atoms with E-state index in [1.807, 2.05) is 25.9 Å². The Morgan fingerprint density at radius 2 is 1.83 bits per heavy atom. The number of rotatable bonds is 8. The standard InChI is InChI=1S/C11H23N3O4/c1-4-5-14(7-6-13(2)3)11(18)12-8-9(15)10(16)17/h9,15H,4-8H2,1-3H3,(H,12,18)(H,16,17). The first-order valence-corrected chi connectivity index (χ1v) is 5.96. The van der Waals surface area contributed by atoms with Gasteiger partial charge in [-0.05, 0) is 20.5 Å². The van der Waals surface area contributed by atoms with Crippen LogP contribution in [0.2, 0.25) is 0 Å². The molecule has 0 fully saturated rings. The van der Waals surface area contributed by atoms with Crippen molar-refractivity contribution in [3.63, 3.8) is 0 Å². The number of hydrogen-bond donors (Lipinski definition) is 3. The monoisotopic (exact) mass is 261 g/mol. The Balaban J connectivity index is 4.16. The van der Waals surface area contributed by atoms with Gasteiger partial charge in [0.1, 0.15) is 0 Å². The molecule has 1 unspecified atom stereocenters. The lowest BCUT2D eigenvalue weighted by Crippen LogP contribution is -2.46. The van der Waals surface area contributed by atoms with Gasteiger partial charge in [0.2, 0.25) is 0 Å². The van der Waals surface area contributed by atoms with E-state index in [9.17, 15) is 9.59 Å². The van der Waals surface area contributed by atoms with Crippen molar-refractivity contribution >= 4 is 12.0 Å². The van der Waals surface area contributed by atoms with Gasteiger partial charge in [-0.25, -0.2) is 9.59 Å². The SMILES string of the molecule is CCCN(CCN(C)C)C(=O)NCC(O)C(=O)O. The predicted octanol–water partition coefficient (Wildman–Crippen LogP) is -0.585. The third-order valence-corrected chi connectivity index (χ3v) is 2.33. The minimum Gasteiger partial charge on any atom is -0.479 e. The lowest BCUT2D eigenvalue weighted by Gasteiger charge is -2.24. The number of nitrogens with zero attached hydrogens (tertiary/aromatic N) is 2. The first-order chi connectivity index (χ1) is 8.38. The van der Waals surface area contributed by atoms with Crippen LogP contribution in [0.15, 0.2) is 0 Å². The number of aliphatic hydroxyl groups excluding tert-OH is 1. The van der Waals surface area contributed by atoms with Crippen molar-refractivity contribution in [3.05, 3.63) is 0 Å². The lowest BCUT2D eigenvalue weighted by molar-refractivity contribution is -0.146. The van der Waals surface area contributed by atoms with Gasteiger partial charge in [-0.15, -0.1) is 0 Å². The molecule has 0 aliphatic rings. The number of carbonyl (C=O) groups excluding carboxylic acids is 1. The quantitative estimate of drug-likeness (QED) is 0.543. The number of carboxylic acids is 1. The van der Waals surface area contributed by atoms with Crippen molar-refractivity contribution in [2.24, 2.45) is 0 Å². The summed E-state index contributed by atoms with van der Waals surface area (Å²) in [5.41, 5.74) is 0. The van der Waals surface area contributed by atoms with E-state index in [0.717, 1.165) is 13.0 Å². The van der Waals surface area contributed by atoms with Gasteiger partial charge in [-0.2, -0.15) is 0 Å². The maximum atomic E-state index is 11.8. The number of nitrogens with one attached hydrogen (secondary N) is 1. The second kappa shape index (κ2) is 8.71. The van der Waals surface area contributed by atoms with E-state index in [1.54, 1.807) is 4.90 Å². The van der Waals surface area contributed by atoms with Gasteiger partial charge in [0.15, 0.2) is 6.10 Å². The molecule has 0 heterocycles. The van der Waals surface area contributed by atoms with Gasteiger partial charge in [0.05, 0.1) is 6.54 Å². The van der Waals surface area contributed by atoms with Crippen LogP contribution in [0.5, 0.6) is 0 Å². The predicted molar refractivity (Wildman–Crippen MR) is 67.5 cm³/mol. The highest BCUT2D eigenvalue weighted by molar-refractivity contribution is 5.76. The topological polar surface area (TPSA) is 93.1 Å². The van der Waals surface area contributed by atoms with Gasteiger partial charge in [0.25, 0.3) is 0 Å². The van der Waals surface area contributed by atoms with E-state index < -0.39 is 12.1 Å². The number of aliphatic hydroxyl groups is 1. The highest BCUT2D eigenvalue weighted by Crippen LogP contribution is 1.94. The van der Waals surface area contributed by atoms with Crippen molar-refractivity contribution in [1.29, 1.82) is 0 Å².